The fraction of sp³-hybridized carbons (Fsp3) is 0.150. The summed E-state index contributed by atoms with van der Waals surface area (Å²) in [5.41, 5.74) is 2.70. The highest BCUT2D eigenvalue weighted by molar-refractivity contribution is 5.79. The second-order valence-electron chi connectivity index (χ2n) is 6.21. The van der Waals surface area contributed by atoms with Crippen LogP contribution in [0.1, 0.15) is 16.7 Å². The van der Waals surface area contributed by atoms with E-state index in [1.807, 2.05) is 18.3 Å². The van der Waals surface area contributed by atoms with Gasteiger partial charge >= 0.3 is 0 Å². The molecule has 0 aliphatic rings. The Labute approximate surface area is 159 Å². The van der Waals surface area contributed by atoms with E-state index in [0.29, 0.717) is 29.2 Å². The number of hydrogen-bond donors (Lipinski definition) is 2. The smallest absolute Gasteiger partial charge is 0.218 e. The summed E-state index contributed by atoms with van der Waals surface area (Å²) in [6, 6.07) is 8.47. The number of fused-ring (bicyclic) bond motifs is 1. The van der Waals surface area contributed by atoms with Crippen LogP contribution in [0.2, 0.25) is 0 Å². The first-order valence-electron chi connectivity index (χ1n) is 8.62. The molecule has 0 spiro atoms. The van der Waals surface area contributed by atoms with Crippen LogP contribution in [-0.4, -0.2) is 27.0 Å². The van der Waals surface area contributed by atoms with Crippen molar-refractivity contribution in [3.05, 3.63) is 77.4 Å². The molecule has 0 radical (unpaired) electrons. The quantitative estimate of drug-likeness (QED) is 0.496. The van der Waals surface area contributed by atoms with E-state index in [2.05, 4.69) is 25.3 Å². The fourth-order valence-electron chi connectivity index (χ4n) is 3.02. The van der Waals surface area contributed by atoms with Crippen LogP contribution in [-0.2, 0) is 13.0 Å². The van der Waals surface area contributed by atoms with E-state index >= 15 is 0 Å². The summed E-state index contributed by atoms with van der Waals surface area (Å²) in [6.45, 7) is 0.202. The molecular weight excluding hydrogens is 364 g/mol. The summed E-state index contributed by atoms with van der Waals surface area (Å²) in [6.07, 6.45) is 5.00. The van der Waals surface area contributed by atoms with Crippen LogP contribution < -0.4 is 10.1 Å². The number of aromatic amines is 1. The van der Waals surface area contributed by atoms with Crippen molar-refractivity contribution in [1.29, 1.82) is 0 Å². The molecule has 0 atom stereocenters. The molecule has 0 aromatic carbocycles. The van der Waals surface area contributed by atoms with Crippen molar-refractivity contribution in [2.24, 2.45) is 0 Å². The number of halogens is 2. The van der Waals surface area contributed by atoms with Gasteiger partial charge in [0, 0.05) is 41.9 Å². The molecule has 2 N–H and O–H groups in total. The minimum atomic E-state index is -0.562. The molecule has 0 saturated carbocycles. The van der Waals surface area contributed by atoms with Gasteiger partial charge in [-0.05, 0) is 29.8 Å². The fourth-order valence-corrected chi connectivity index (χ4v) is 3.02. The Balaban J connectivity index is 1.50. The molecule has 0 fully saturated rings. The van der Waals surface area contributed by atoms with E-state index in [9.17, 15) is 8.78 Å². The monoisotopic (exact) mass is 381 g/mol. The van der Waals surface area contributed by atoms with Gasteiger partial charge in [-0.25, -0.2) is 19.3 Å². The van der Waals surface area contributed by atoms with Gasteiger partial charge < -0.3 is 15.0 Å². The molecule has 28 heavy (non-hydrogen) atoms. The van der Waals surface area contributed by atoms with Gasteiger partial charge in [-0.15, -0.1) is 0 Å². The average molecular weight is 381 g/mol. The molecule has 0 saturated heterocycles. The van der Waals surface area contributed by atoms with Gasteiger partial charge in [-0.2, -0.15) is 4.39 Å². The average Bonchev–Trinajstić information content (AvgIpc) is 3.11. The van der Waals surface area contributed by atoms with Crippen molar-refractivity contribution in [3.63, 3.8) is 0 Å². The van der Waals surface area contributed by atoms with Crippen LogP contribution >= 0.6 is 0 Å². The van der Waals surface area contributed by atoms with Crippen LogP contribution in [0.4, 0.5) is 14.6 Å². The molecule has 4 heterocycles. The Bertz CT molecular complexity index is 1130. The Morgan fingerprint density at radius 1 is 1.11 bits per heavy atom. The predicted octanol–water partition coefficient (Wildman–Crippen LogP) is 3.84. The summed E-state index contributed by atoms with van der Waals surface area (Å²) in [7, 11) is 1.46. The number of pyridine rings is 3. The summed E-state index contributed by atoms with van der Waals surface area (Å²) in [4.78, 5) is 15.2. The van der Waals surface area contributed by atoms with Crippen molar-refractivity contribution in [3.8, 4) is 5.88 Å². The molecule has 142 valence electrons. The summed E-state index contributed by atoms with van der Waals surface area (Å²) >= 11 is 0. The Morgan fingerprint density at radius 3 is 2.82 bits per heavy atom. The topological polar surface area (TPSA) is 75.7 Å². The zero-order valence-corrected chi connectivity index (χ0v) is 15.0. The number of rotatable bonds is 6. The minimum absolute atomic E-state index is 0.202. The van der Waals surface area contributed by atoms with Crippen LogP contribution in [0.25, 0.3) is 11.0 Å². The summed E-state index contributed by atoms with van der Waals surface area (Å²) in [5, 5.41) is 3.92. The number of nitrogens with zero attached hydrogens (tertiary/aromatic N) is 3. The number of aromatic nitrogens is 4. The maximum absolute atomic E-state index is 14.5. The number of methoxy groups -OCH3 is 1. The van der Waals surface area contributed by atoms with E-state index in [4.69, 9.17) is 4.74 Å². The number of H-pyrrole nitrogens is 1. The lowest BCUT2D eigenvalue weighted by Gasteiger charge is -2.10. The van der Waals surface area contributed by atoms with Crippen LogP contribution in [0.3, 0.4) is 0 Å². The molecule has 0 aliphatic carbocycles. The first-order chi connectivity index (χ1) is 13.6. The van der Waals surface area contributed by atoms with Crippen LogP contribution in [0.5, 0.6) is 5.88 Å². The van der Waals surface area contributed by atoms with Crippen LogP contribution in [0, 0.1) is 11.8 Å². The summed E-state index contributed by atoms with van der Waals surface area (Å²) in [5.74, 6) is -0.389. The first kappa shape index (κ1) is 17.8. The maximum Gasteiger partial charge on any atom is 0.218 e. The first-order valence-corrected chi connectivity index (χ1v) is 8.62. The van der Waals surface area contributed by atoms with E-state index in [1.54, 1.807) is 18.3 Å². The predicted molar refractivity (Wildman–Crippen MR) is 101 cm³/mol. The largest absolute Gasteiger partial charge is 0.481 e. The van der Waals surface area contributed by atoms with Gasteiger partial charge in [0.15, 0.2) is 0 Å². The lowest BCUT2D eigenvalue weighted by atomic mass is 10.1. The normalized spacial score (nSPS) is 11.0. The minimum Gasteiger partial charge on any atom is -0.481 e. The van der Waals surface area contributed by atoms with E-state index in [1.165, 1.54) is 13.2 Å². The molecule has 0 bridgehead atoms. The number of nitrogens with one attached hydrogen (secondary N) is 2. The molecule has 4 rings (SSSR count). The molecule has 8 heteroatoms. The van der Waals surface area contributed by atoms with Crippen molar-refractivity contribution in [1.82, 2.24) is 19.9 Å². The highest BCUT2D eigenvalue weighted by atomic mass is 19.1. The molecule has 0 aliphatic heterocycles. The van der Waals surface area contributed by atoms with Gasteiger partial charge in [0.05, 0.1) is 13.3 Å². The number of anilines is 1. The van der Waals surface area contributed by atoms with Crippen molar-refractivity contribution >= 4 is 16.9 Å². The second-order valence-corrected chi connectivity index (χ2v) is 6.21. The van der Waals surface area contributed by atoms with E-state index in [-0.39, 0.29) is 6.54 Å². The molecule has 4 aromatic heterocycles. The van der Waals surface area contributed by atoms with Gasteiger partial charge in [-0.3, -0.25) is 0 Å². The number of hydrogen-bond acceptors (Lipinski definition) is 5. The highest BCUT2D eigenvalue weighted by Crippen LogP contribution is 2.22. The van der Waals surface area contributed by atoms with Crippen molar-refractivity contribution in [2.45, 2.75) is 13.0 Å². The van der Waals surface area contributed by atoms with Gasteiger partial charge in [-0.1, -0.05) is 6.07 Å². The Kier molecular flexibility index (Phi) is 4.84. The molecule has 4 aromatic rings. The highest BCUT2D eigenvalue weighted by Gasteiger charge is 2.11. The van der Waals surface area contributed by atoms with Gasteiger partial charge in [0.2, 0.25) is 11.8 Å². The lowest BCUT2D eigenvalue weighted by molar-refractivity contribution is 0.391. The molecule has 0 unspecified atom stereocenters. The zero-order chi connectivity index (χ0) is 19.5. The van der Waals surface area contributed by atoms with Crippen molar-refractivity contribution in [2.75, 3.05) is 12.4 Å². The maximum atomic E-state index is 14.5. The number of ether oxygens (including phenoxy) is 1. The van der Waals surface area contributed by atoms with Gasteiger partial charge in [0.1, 0.15) is 17.3 Å². The third-order valence-electron chi connectivity index (χ3n) is 4.39. The second kappa shape index (κ2) is 7.59. The standard InChI is InChI=1S/C20H17F2N5O/c1-28-20-14(8-15(21)11-26-20)10-24-17-5-4-12(18(22)27-17)7-13-9-25-19-16(13)3-2-6-23-19/h2-6,8-9,11H,7,10H2,1H3,(H,23,25)(H,24,27). The van der Waals surface area contributed by atoms with Crippen LogP contribution in [0.15, 0.2) is 48.9 Å². The third-order valence-corrected chi connectivity index (χ3v) is 4.39. The molecular formula is C20H17F2N5O. The Hall–Kier alpha value is -3.55. The molecule has 6 nitrogen and oxygen atoms in total. The zero-order valence-electron chi connectivity index (χ0n) is 15.0. The van der Waals surface area contributed by atoms with E-state index in [0.717, 1.165) is 22.8 Å². The SMILES string of the molecule is COc1ncc(F)cc1CNc1ccc(Cc2c[nH]c3ncccc23)c(F)n1. The third kappa shape index (κ3) is 3.62. The van der Waals surface area contributed by atoms with Gasteiger partial charge in [0.25, 0.3) is 0 Å². The van der Waals surface area contributed by atoms with Crippen molar-refractivity contribution < 1.29 is 13.5 Å². The summed E-state index contributed by atoms with van der Waals surface area (Å²) < 4.78 is 33.0. The molecule has 0 amide bonds. The Morgan fingerprint density at radius 2 is 2.00 bits per heavy atom. The lowest BCUT2D eigenvalue weighted by Crippen LogP contribution is -2.06. The van der Waals surface area contributed by atoms with E-state index < -0.39 is 11.8 Å².